The predicted octanol–water partition coefficient (Wildman–Crippen LogP) is 3.08. The summed E-state index contributed by atoms with van der Waals surface area (Å²) < 4.78 is 0. The molecule has 9 heteroatoms. The van der Waals surface area contributed by atoms with Gasteiger partial charge in [0, 0.05) is 26.2 Å². The molecule has 1 amide bonds. The van der Waals surface area contributed by atoms with Crippen molar-refractivity contribution < 1.29 is 4.79 Å². The van der Waals surface area contributed by atoms with Gasteiger partial charge < -0.3 is 15.1 Å². The lowest BCUT2D eigenvalue weighted by atomic mass is 10.0. The molecule has 180 valence electrons. The Balaban J connectivity index is 1.35. The molecule has 5 rings (SSSR count). The lowest BCUT2D eigenvalue weighted by molar-refractivity contribution is -0.130. The third-order valence-electron chi connectivity index (χ3n) is 7.12. The molecule has 2 aromatic carbocycles. The van der Waals surface area contributed by atoms with E-state index in [2.05, 4.69) is 44.8 Å². The van der Waals surface area contributed by atoms with Crippen molar-refractivity contribution in [3.63, 3.8) is 0 Å². The first kappa shape index (κ1) is 23.5. The van der Waals surface area contributed by atoms with Gasteiger partial charge in [0.25, 0.3) is 5.91 Å². The standard InChI is InChI=1S/C25H30Cl2N6O/c1-30-20(15-16-9-5-4-6-10-16)29-32(3)25(30)23(34)28-18-14-13-17-11-7-8-12-19(17)33-22(27)21(26)31(2)24(18)33/h4-12,18,20,24-25,29H,13-15H2,1-3H3,(H,28,34). The van der Waals surface area contributed by atoms with Gasteiger partial charge in [0.15, 0.2) is 6.17 Å². The Bertz CT molecular complexity index is 1100. The lowest BCUT2D eigenvalue weighted by Crippen LogP contribution is -2.58. The average molecular weight is 501 g/mol. The third-order valence-corrected chi connectivity index (χ3v) is 8.02. The monoisotopic (exact) mass is 500 g/mol. The molecule has 3 aliphatic rings. The van der Waals surface area contributed by atoms with Crippen LogP contribution < -0.4 is 15.6 Å². The highest BCUT2D eigenvalue weighted by molar-refractivity contribution is 6.40. The van der Waals surface area contributed by atoms with Crippen molar-refractivity contribution in [2.75, 3.05) is 26.0 Å². The molecule has 7 nitrogen and oxygen atoms in total. The molecule has 3 aliphatic heterocycles. The van der Waals surface area contributed by atoms with Crippen molar-refractivity contribution in [1.29, 1.82) is 0 Å². The summed E-state index contributed by atoms with van der Waals surface area (Å²) in [6, 6.07) is 18.4. The van der Waals surface area contributed by atoms with E-state index in [0.717, 1.165) is 24.9 Å². The summed E-state index contributed by atoms with van der Waals surface area (Å²) in [4.78, 5) is 19.7. The van der Waals surface area contributed by atoms with Gasteiger partial charge in [-0.15, -0.1) is 0 Å². The number of hydrogen-bond acceptors (Lipinski definition) is 6. The van der Waals surface area contributed by atoms with Crippen LogP contribution in [0.5, 0.6) is 0 Å². The molecule has 34 heavy (non-hydrogen) atoms. The zero-order chi connectivity index (χ0) is 24.0. The normalized spacial score (nSPS) is 27.6. The first-order valence-corrected chi connectivity index (χ1v) is 12.3. The number of benzene rings is 2. The molecule has 2 aromatic rings. The molecule has 0 radical (unpaired) electrons. The number of halogens is 2. The first-order valence-electron chi connectivity index (χ1n) is 11.6. The van der Waals surface area contributed by atoms with Gasteiger partial charge in [-0.3, -0.25) is 9.69 Å². The van der Waals surface area contributed by atoms with E-state index in [-0.39, 0.29) is 24.3 Å². The summed E-state index contributed by atoms with van der Waals surface area (Å²) in [5, 5.41) is 6.20. The van der Waals surface area contributed by atoms with Crippen molar-refractivity contribution in [3.05, 3.63) is 76.0 Å². The summed E-state index contributed by atoms with van der Waals surface area (Å²) >= 11 is 13.3. The molecular weight excluding hydrogens is 471 g/mol. The van der Waals surface area contributed by atoms with E-state index in [0.29, 0.717) is 10.3 Å². The van der Waals surface area contributed by atoms with Crippen LogP contribution in [0, 0.1) is 0 Å². The van der Waals surface area contributed by atoms with Gasteiger partial charge in [-0.05, 0) is 37.1 Å². The SMILES string of the molecule is CN1NC(Cc2ccccc2)N(C)C1C(=O)NC1CCc2ccccc2N2C(Cl)=C(Cl)N(C)C12. The minimum absolute atomic E-state index is 0.0257. The second kappa shape index (κ2) is 9.40. The number of nitrogens with zero attached hydrogens (tertiary/aromatic N) is 4. The molecule has 0 aromatic heterocycles. The van der Waals surface area contributed by atoms with Crippen LogP contribution in [-0.4, -0.2) is 66.4 Å². The van der Waals surface area contributed by atoms with Gasteiger partial charge in [0.2, 0.25) is 0 Å². The highest BCUT2D eigenvalue weighted by atomic mass is 35.5. The molecule has 0 spiro atoms. The van der Waals surface area contributed by atoms with Crippen LogP contribution in [0.3, 0.4) is 0 Å². The Morgan fingerprint density at radius 2 is 1.74 bits per heavy atom. The largest absolute Gasteiger partial charge is 0.347 e. The Morgan fingerprint density at radius 1 is 1.03 bits per heavy atom. The van der Waals surface area contributed by atoms with E-state index in [1.165, 1.54) is 11.1 Å². The minimum atomic E-state index is -0.432. The van der Waals surface area contributed by atoms with E-state index in [4.69, 9.17) is 23.2 Å². The Hall–Kier alpha value is -2.29. The van der Waals surface area contributed by atoms with Crippen LogP contribution in [0.25, 0.3) is 0 Å². The predicted molar refractivity (Wildman–Crippen MR) is 136 cm³/mol. The number of nitrogens with one attached hydrogen (secondary N) is 2. The zero-order valence-electron chi connectivity index (χ0n) is 19.6. The Labute approximate surface area is 210 Å². The number of carbonyl (C=O) groups is 1. The van der Waals surface area contributed by atoms with Crippen molar-refractivity contribution in [1.82, 2.24) is 25.6 Å². The maximum atomic E-state index is 13.6. The Kier molecular flexibility index (Phi) is 6.48. The smallest absolute Gasteiger partial charge is 0.254 e. The fourth-order valence-electron chi connectivity index (χ4n) is 5.40. The lowest BCUT2D eigenvalue weighted by Gasteiger charge is -2.37. The number of fused-ring (bicyclic) bond motifs is 3. The van der Waals surface area contributed by atoms with Crippen LogP contribution in [0.4, 0.5) is 5.69 Å². The molecule has 4 atom stereocenters. The van der Waals surface area contributed by atoms with E-state index in [1.807, 2.05) is 61.4 Å². The molecule has 1 saturated heterocycles. The molecule has 2 N–H and O–H groups in total. The summed E-state index contributed by atoms with van der Waals surface area (Å²) in [6.07, 6.45) is 1.82. The highest BCUT2D eigenvalue weighted by Crippen LogP contribution is 2.42. The highest BCUT2D eigenvalue weighted by Gasteiger charge is 2.46. The van der Waals surface area contributed by atoms with E-state index < -0.39 is 6.17 Å². The van der Waals surface area contributed by atoms with Crippen LogP contribution in [-0.2, 0) is 17.6 Å². The minimum Gasteiger partial charge on any atom is -0.347 e. The fraction of sp³-hybridized carbons (Fsp3) is 0.400. The molecule has 0 bridgehead atoms. The summed E-state index contributed by atoms with van der Waals surface area (Å²) in [7, 11) is 5.83. The number of aryl methyl sites for hydroxylation is 1. The van der Waals surface area contributed by atoms with Crippen molar-refractivity contribution >= 4 is 34.8 Å². The van der Waals surface area contributed by atoms with Crippen LogP contribution in [0.1, 0.15) is 17.5 Å². The molecule has 0 saturated carbocycles. The topological polar surface area (TPSA) is 54.1 Å². The summed E-state index contributed by atoms with van der Waals surface area (Å²) in [5.74, 6) is -0.0449. The number of hydrazine groups is 1. The number of hydrogen-bond donors (Lipinski definition) is 2. The fourth-order valence-corrected chi connectivity index (χ4v) is 5.91. The molecule has 1 fully saturated rings. The van der Waals surface area contributed by atoms with Crippen LogP contribution >= 0.6 is 23.2 Å². The van der Waals surface area contributed by atoms with Crippen molar-refractivity contribution in [2.24, 2.45) is 0 Å². The van der Waals surface area contributed by atoms with Gasteiger partial charge >= 0.3 is 0 Å². The van der Waals surface area contributed by atoms with Gasteiger partial charge in [0.1, 0.15) is 16.5 Å². The zero-order valence-corrected chi connectivity index (χ0v) is 21.1. The molecule has 4 unspecified atom stereocenters. The van der Waals surface area contributed by atoms with Gasteiger partial charge in [0.05, 0.1) is 12.2 Å². The van der Waals surface area contributed by atoms with Crippen molar-refractivity contribution in [3.8, 4) is 0 Å². The second-order valence-electron chi connectivity index (χ2n) is 9.24. The van der Waals surface area contributed by atoms with Gasteiger partial charge in [-0.1, -0.05) is 71.7 Å². The van der Waals surface area contributed by atoms with Crippen LogP contribution in [0.15, 0.2) is 64.9 Å². The number of anilines is 1. The average Bonchev–Trinajstić information content (AvgIpc) is 3.15. The molecule has 3 heterocycles. The maximum Gasteiger partial charge on any atom is 0.254 e. The first-order chi connectivity index (χ1) is 16.4. The Morgan fingerprint density at radius 3 is 2.50 bits per heavy atom. The number of rotatable bonds is 4. The number of carbonyl (C=O) groups excluding carboxylic acids is 1. The quantitative estimate of drug-likeness (QED) is 0.629. The summed E-state index contributed by atoms with van der Waals surface area (Å²) in [6.45, 7) is 0. The van der Waals surface area contributed by atoms with Crippen LogP contribution in [0.2, 0.25) is 0 Å². The third kappa shape index (κ3) is 4.06. The van der Waals surface area contributed by atoms with E-state index >= 15 is 0 Å². The van der Waals surface area contributed by atoms with Gasteiger partial charge in [-0.2, -0.15) is 0 Å². The summed E-state index contributed by atoms with van der Waals surface area (Å²) in [5.41, 5.74) is 6.90. The molecular formula is C25H30Cl2N6O. The number of amides is 1. The number of likely N-dealkylation sites (N-methyl/N-ethyl adjacent to an activating group) is 3. The van der Waals surface area contributed by atoms with E-state index in [1.54, 1.807) is 0 Å². The maximum absolute atomic E-state index is 13.6. The van der Waals surface area contributed by atoms with Crippen molar-refractivity contribution in [2.45, 2.75) is 43.8 Å². The second-order valence-corrected chi connectivity index (χ2v) is 9.96. The van der Waals surface area contributed by atoms with Gasteiger partial charge in [-0.25, -0.2) is 10.4 Å². The van der Waals surface area contributed by atoms with E-state index in [9.17, 15) is 4.79 Å². The molecule has 0 aliphatic carbocycles. The number of para-hydroxylation sites is 1.